The van der Waals surface area contributed by atoms with Crippen LogP contribution in [-0.2, 0) is 15.1 Å². The van der Waals surface area contributed by atoms with E-state index in [1.807, 2.05) is 0 Å². The van der Waals surface area contributed by atoms with Crippen LogP contribution in [0.15, 0.2) is 66.7 Å². The fourth-order valence-electron chi connectivity index (χ4n) is 3.87. The van der Waals surface area contributed by atoms with Crippen LogP contribution in [0.3, 0.4) is 0 Å². The van der Waals surface area contributed by atoms with Crippen molar-refractivity contribution < 1.29 is 14.1 Å². The van der Waals surface area contributed by atoms with E-state index in [-0.39, 0.29) is 10.8 Å². The molecular weight excluding hydrogens is 434 g/mol. The van der Waals surface area contributed by atoms with Gasteiger partial charge in [-0.2, -0.15) is 0 Å². The summed E-state index contributed by atoms with van der Waals surface area (Å²) in [6.07, 6.45) is 0. The molecule has 0 spiro atoms. The Morgan fingerprint density at radius 1 is 0.625 bits per heavy atom. The average Bonchev–Trinajstić information content (AvgIpc) is 2.73. The number of hydrogen-bond acceptors (Lipinski definition) is 3. The molecule has 2 atom stereocenters. The second kappa shape index (κ2) is 11.5. The summed E-state index contributed by atoms with van der Waals surface area (Å²) >= 11 is 0. The van der Waals surface area contributed by atoms with E-state index in [1.54, 1.807) is 0 Å². The first-order valence-electron chi connectivity index (χ1n) is 10.7. The van der Waals surface area contributed by atoms with E-state index < -0.39 is 18.1 Å². The van der Waals surface area contributed by atoms with Crippen LogP contribution in [0.2, 0.25) is 0 Å². The minimum atomic E-state index is -0.580. The van der Waals surface area contributed by atoms with Gasteiger partial charge in [0.05, 0.1) is 0 Å². The topological polar surface area (TPSA) is 49.7 Å². The zero-order chi connectivity index (χ0) is 23.9. The SMILES string of the molecule is Cc1cc(-c2ccc(-c3ccccc3)cc2)c(C(C)(C)C)cc1C(C)(C)C.OPOPO. The van der Waals surface area contributed by atoms with Crippen molar-refractivity contribution in [2.75, 3.05) is 0 Å². The van der Waals surface area contributed by atoms with Gasteiger partial charge in [0.15, 0.2) is 18.1 Å². The molecule has 0 aliphatic rings. The molecule has 172 valence electrons. The van der Waals surface area contributed by atoms with Crippen LogP contribution in [0, 0.1) is 6.92 Å². The molecule has 3 aromatic rings. The van der Waals surface area contributed by atoms with Gasteiger partial charge in [-0.3, -0.25) is 4.31 Å². The molecule has 3 aromatic carbocycles. The van der Waals surface area contributed by atoms with Crippen LogP contribution in [-0.4, -0.2) is 9.79 Å². The molecule has 0 aliphatic carbocycles. The lowest BCUT2D eigenvalue weighted by Gasteiger charge is -2.29. The molecule has 32 heavy (non-hydrogen) atoms. The average molecular weight is 471 g/mol. The molecular formula is C27H36O3P2. The minimum Gasteiger partial charge on any atom is -0.352 e. The summed E-state index contributed by atoms with van der Waals surface area (Å²) in [7, 11) is -1.16. The highest BCUT2D eigenvalue weighted by molar-refractivity contribution is 7.39. The highest BCUT2D eigenvalue weighted by Gasteiger charge is 2.24. The van der Waals surface area contributed by atoms with Crippen LogP contribution in [0.4, 0.5) is 0 Å². The molecule has 0 fully saturated rings. The lowest BCUT2D eigenvalue weighted by atomic mass is 9.75. The van der Waals surface area contributed by atoms with Gasteiger partial charge in [0, 0.05) is 0 Å². The molecule has 3 rings (SSSR count). The Balaban J connectivity index is 0.000000654. The quantitative estimate of drug-likeness (QED) is 0.381. The summed E-state index contributed by atoms with van der Waals surface area (Å²) in [6, 6.07) is 24.4. The van der Waals surface area contributed by atoms with Crippen molar-refractivity contribution in [1.82, 2.24) is 0 Å². The third-order valence-corrected chi connectivity index (χ3v) is 6.11. The first-order valence-corrected chi connectivity index (χ1v) is 12.5. The van der Waals surface area contributed by atoms with Crippen molar-refractivity contribution in [2.24, 2.45) is 0 Å². The maximum atomic E-state index is 7.72. The van der Waals surface area contributed by atoms with Gasteiger partial charge < -0.3 is 9.79 Å². The van der Waals surface area contributed by atoms with Gasteiger partial charge >= 0.3 is 0 Å². The van der Waals surface area contributed by atoms with Gasteiger partial charge in [0.2, 0.25) is 0 Å². The van der Waals surface area contributed by atoms with Crippen LogP contribution < -0.4 is 0 Å². The standard InChI is InChI=1S/C27H32.H4O3P2/c1-19-17-23(25(27(5,6)7)18-24(19)26(2,3)4)22-15-13-21(14-16-22)20-11-9-8-10-12-20;1-4-3-5-2/h8-18H,1-7H3;1-2,4-5H. The zero-order valence-electron chi connectivity index (χ0n) is 20.2. The summed E-state index contributed by atoms with van der Waals surface area (Å²) in [4.78, 5) is 15.4. The Labute approximate surface area is 197 Å². The highest BCUT2D eigenvalue weighted by atomic mass is 31.2. The number of hydrogen-bond donors (Lipinski definition) is 2. The molecule has 5 heteroatoms. The van der Waals surface area contributed by atoms with E-state index in [0.717, 1.165) is 0 Å². The second-order valence-corrected chi connectivity index (χ2v) is 11.1. The van der Waals surface area contributed by atoms with Gasteiger partial charge in [-0.15, -0.1) is 0 Å². The lowest BCUT2D eigenvalue weighted by Crippen LogP contribution is -2.18. The lowest BCUT2D eigenvalue weighted by molar-refractivity contribution is 0.496. The van der Waals surface area contributed by atoms with Gasteiger partial charge in [-0.05, 0) is 56.7 Å². The summed E-state index contributed by atoms with van der Waals surface area (Å²) in [5.74, 6) is 0. The third-order valence-electron chi connectivity index (χ3n) is 5.37. The van der Waals surface area contributed by atoms with Crippen molar-refractivity contribution in [3.63, 3.8) is 0 Å². The monoisotopic (exact) mass is 470 g/mol. The molecule has 2 unspecified atom stereocenters. The van der Waals surface area contributed by atoms with Crippen LogP contribution in [0.1, 0.15) is 58.2 Å². The van der Waals surface area contributed by atoms with E-state index in [2.05, 4.69) is 120 Å². The Morgan fingerprint density at radius 3 is 1.53 bits per heavy atom. The van der Waals surface area contributed by atoms with Crippen LogP contribution in [0.5, 0.6) is 0 Å². The fraction of sp³-hybridized carbons (Fsp3) is 0.333. The summed E-state index contributed by atoms with van der Waals surface area (Å²) < 4.78 is 4.00. The molecule has 0 radical (unpaired) electrons. The highest BCUT2D eigenvalue weighted by Crippen LogP contribution is 2.39. The zero-order valence-corrected chi connectivity index (χ0v) is 22.2. The van der Waals surface area contributed by atoms with Crippen molar-refractivity contribution in [3.8, 4) is 22.3 Å². The van der Waals surface area contributed by atoms with E-state index in [9.17, 15) is 0 Å². The maximum Gasteiger partial charge on any atom is 0.158 e. The summed E-state index contributed by atoms with van der Waals surface area (Å²) in [5, 5.41) is 0. The fourth-order valence-corrected chi connectivity index (χ4v) is 4.03. The van der Waals surface area contributed by atoms with E-state index >= 15 is 0 Å². The minimum absolute atomic E-state index is 0.0983. The van der Waals surface area contributed by atoms with Crippen LogP contribution in [0.25, 0.3) is 22.3 Å². The van der Waals surface area contributed by atoms with Crippen molar-refractivity contribution in [3.05, 3.63) is 83.4 Å². The molecule has 0 aliphatic heterocycles. The van der Waals surface area contributed by atoms with E-state index in [0.29, 0.717) is 0 Å². The van der Waals surface area contributed by atoms with Crippen molar-refractivity contribution in [2.45, 2.75) is 59.3 Å². The van der Waals surface area contributed by atoms with Crippen molar-refractivity contribution in [1.29, 1.82) is 0 Å². The van der Waals surface area contributed by atoms with E-state index in [4.69, 9.17) is 9.79 Å². The van der Waals surface area contributed by atoms with Gasteiger partial charge in [-0.1, -0.05) is 108 Å². The number of aryl methyl sites for hydroxylation is 1. The van der Waals surface area contributed by atoms with Gasteiger partial charge in [-0.25, -0.2) is 0 Å². The molecule has 0 amide bonds. The van der Waals surface area contributed by atoms with Crippen molar-refractivity contribution >= 4 is 18.1 Å². The molecule has 0 bridgehead atoms. The van der Waals surface area contributed by atoms with E-state index in [1.165, 1.54) is 38.9 Å². The Hall–Kier alpha value is -1.60. The predicted molar refractivity (Wildman–Crippen MR) is 142 cm³/mol. The first kappa shape index (κ1) is 26.7. The molecule has 0 saturated heterocycles. The van der Waals surface area contributed by atoms with Gasteiger partial charge in [0.25, 0.3) is 0 Å². The molecule has 0 aromatic heterocycles. The number of benzene rings is 3. The summed E-state index contributed by atoms with van der Waals surface area (Å²) in [6.45, 7) is 16.1. The third kappa shape index (κ3) is 7.20. The second-order valence-electron chi connectivity index (χ2n) is 9.94. The smallest absolute Gasteiger partial charge is 0.158 e. The van der Waals surface area contributed by atoms with Gasteiger partial charge in [0.1, 0.15) is 0 Å². The largest absolute Gasteiger partial charge is 0.352 e. The predicted octanol–water partition coefficient (Wildman–Crippen LogP) is 7.93. The Kier molecular flexibility index (Phi) is 9.58. The normalized spacial score (nSPS) is 12.4. The number of rotatable bonds is 4. The molecule has 2 N–H and O–H groups in total. The molecule has 0 heterocycles. The maximum absolute atomic E-state index is 7.72. The summed E-state index contributed by atoms with van der Waals surface area (Å²) in [5.41, 5.74) is 9.66. The first-order chi connectivity index (χ1) is 15.0. The Morgan fingerprint density at radius 2 is 1.09 bits per heavy atom. The molecule has 3 nitrogen and oxygen atoms in total. The molecule has 0 saturated carbocycles. The Bertz CT molecular complexity index is 984. The van der Waals surface area contributed by atoms with Crippen LogP contribution >= 0.6 is 18.1 Å².